The molecule has 0 saturated heterocycles. The largest absolute Gasteiger partial charge is 0.304 e. The van der Waals surface area contributed by atoms with E-state index in [2.05, 4.69) is 48.5 Å². The van der Waals surface area contributed by atoms with E-state index in [1.165, 1.54) is 18.5 Å². The second-order valence-electron chi connectivity index (χ2n) is 4.87. The molecule has 0 unspecified atom stereocenters. The molecule has 0 bridgehead atoms. The van der Waals surface area contributed by atoms with Crippen molar-refractivity contribution in [1.82, 2.24) is 9.38 Å². The van der Waals surface area contributed by atoms with Crippen LogP contribution in [0.1, 0.15) is 39.3 Å². The van der Waals surface area contributed by atoms with Gasteiger partial charge in [0.25, 0.3) is 0 Å². The number of fused-ring (bicyclic) bond motifs is 1. The lowest BCUT2D eigenvalue weighted by Crippen LogP contribution is -2.18. The fourth-order valence-electron chi connectivity index (χ4n) is 2.05. The SMILES string of the molecule is CCC(C)(CC)Cc1cnc2ccccn12. The van der Waals surface area contributed by atoms with Gasteiger partial charge in [-0.2, -0.15) is 0 Å². The maximum atomic E-state index is 4.43. The average molecular weight is 216 g/mol. The summed E-state index contributed by atoms with van der Waals surface area (Å²) in [6.07, 6.45) is 7.64. The number of rotatable bonds is 4. The summed E-state index contributed by atoms with van der Waals surface area (Å²) in [5, 5.41) is 0. The molecule has 86 valence electrons. The highest BCUT2D eigenvalue weighted by Gasteiger charge is 2.21. The third-order valence-corrected chi connectivity index (χ3v) is 3.81. The summed E-state index contributed by atoms with van der Waals surface area (Å²) >= 11 is 0. The molecule has 0 atom stereocenters. The van der Waals surface area contributed by atoms with Crippen LogP contribution in [0.4, 0.5) is 0 Å². The van der Waals surface area contributed by atoms with Crippen molar-refractivity contribution >= 4 is 5.65 Å². The Morgan fingerprint density at radius 1 is 1.25 bits per heavy atom. The fourth-order valence-corrected chi connectivity index (χ4v) is 2.05. The zero-order chi connectivity index (χ0) is 11.6. The van der Waals surface area contributed by atoms with Gasteiger partial charge in [0, 0.05) is 18.1 Å². The van der Waals surface area contributed by atoms with E-state index in [4.69, 9.17) is 0 Å². The quantitative estimate of drug-likeness (QED) is 0.761. The van der Waals surface area contributed by atoms with Crippen LogP contribution in [0.3, 0.4) is 0 Å². The topological polar surface area (TPSA) is 17.3 Å². The summed E-state index contributed by atoms with van der Waals surface area (Å²) in [7, 11) is 0. The van der Waals surface area contributed by atoms with Gasteiger partial charge in [-0.25, -0.2) is 4.98 Å². The second-order valence-corrected chi connectivity index (χ2v) is 4.87. The lowest BCUT2D eigenvalue weighted by molar-refractivity contribution is 0.292. The summed E-state index contributed by atoms with van der Waals surface area (Å²) in [4.78, 5) is 4.43. The summed E-state index contributed by atoms with van der Waals surface area (Å²) in [5.74, 6) is 0. The molecule has 2 heterocycles. The molecule has 0 amide bonds. The molecule has 0 saturated carbocycles. The molecule has 0 aromatic carbocycles. The van der Waals surface area contributed by atoms with Crippen LogP contribution in [0, 0.1) is 5.41 Å². The Labute approximate surface area is 97.3 Å². The van der Waals surface area contributed by atoms with Crippen LogP contribution >= 0.6 is 0 Å². The van der Waals surface area contributed by atoms with Gasteiger partial charge in [0.1, 0.15) is 5.65 Å². The van der Waals surface area contributed by atoms with Crippen molar-refractivity contribution in [3.63, 3.8) is 0 Å². The number of imidazole rings is 1. The average Bonchev–Trinajstić information content (AvgIpc) is 2.73. The molecule has 0 fully saturated rings. The number of pyridine rings is 1. The summed E-state index contributed by atoms with van der Waals surface area (Å²) in [6.45, 7) is 6.90. The molecule has 0 aliphatic heterocycles. The lowest BCUT2D eigenvalue weighted by atomic mass is 9.80. The molecule has 0 N–H and O–H groups in total. The minimum atomic E-state index is 0.395. The first-order valence-corrected chi connectivity index (χ1v) is 6.09. The third-order valence-electron chi connectivity index (χ3n) is 3.81. The molecule has 2 aromatic heterocycles. The Bertz CT molecular complexity index is 466. The molecule has 0 spiro atoms. The molecule has 2 rings (SSSR count). The maximum Gasteiger partial charge on any atom is 0.136 e. The molecule has 0 aliphatic rings. The van der Waals surface area contributed by atoms with Crippen molar-refractivity contribution in [2.45, 2.75) is 40.0 Å². The van der Waals surface area contributed by atoms with E-state index in [0.29, 0.717) is 5.41 Å². The van der Waals surface area contributed by atoms with Gasteiger partial charge in [-0.05, 0) is 24.0 Å². The highest BCUT2D eigenvalue weighted by molar-refractivity contribution is 5.39. The molecule has 0 radical (unpaired) electrons. The standard InChI is InChI=1S/C14H20N2/c1-4-14(3,5-2)10-12-11-15-13-8-6-7-9-16(12)13/h6-9,11H,4-5,10H2,1-3H3. The Morgan fingerprint density at radius 3 is 2.69 bits per heavy atom. The Hall–Kier alpha value is -1.31. The van der Waals surface area contributed by atoms with Crippen molar-refractivity contribution in [2.75, 3.05) is 0 Å². The predicted octanol–water partition coefficient (Wildman–Crippen LogP) is 3.70. The minimum Gasteiger partial charge on any atom is -0.304 e. The van der Waals surface area contributed by atoms with Gasteiger partial charge in [0.05, 0.1) is 0 Å². The number of aromatic nitrogens is 2. The molecule has 16 heavy (non-hydrogen) atoms. The van der Waals surface area contributed by atoms with E-state index in [0.717, 1.165) is 12.1 Å². The second kappa shape index (κ2) is 4.28. The van der Waals surface area contributed by atoms with Crippen LogP contribution < -0.4 is 0 Å². The monoisotopic (exact) mass is 216 g/mol. The van der Waals surface area contributed by atoms with Crippen molar-refractivity contribution < 1.29 is 0 Å². The predicted molar refractivity (Wildman–Crippen MR) is 67.6 cm³/mol. The highest BCUT2D eigenvalue weighted by Crippen LogP contribution is 2.30. The number of hydrogen-bond donors (Lipinski definition) is 0. The smallest absolute Gasteiger partial charge is 0.136 e. The van der Waals surface area contributed by atoms with Gasteiger partial charge >= 0.3 is 0 Å². The first kappa shape index (κ1) is 11.2. The van der Waals surface area contributed by atoms with Gasteiger partial charge in [-0.15, -0.1) is 0 Å². The van der Waals surface area contributed by atoms with Gasteiger partial charge in [0.15, 0.2) is 0 Å². The van der Waals surface area contributed by atoms with Crippen molar-refractivity contribution in [3.05, 3.63) is 36.3 Å². The van der Waals surface area contributed by atoms with E-state index in [1.807, 2.05) is 12.3 Å². The first-order valence-electron chi connectivity index (χ1n) is 6.09. The molecule has 2 aromatic rings. The van der Waals surface area contributed by atoms with E-state index < -0.39 is 0 Å². The van der Waals surface area contributed by atoms with Gasteiger partial charge in [-0.1, -0.05) is 39.7 Å². The zero-order valence-electron chi connectivity index (χ0n) is 10.4. The highest BCUT2D eigenvalue weighted by atomic mass is 15.0. The van der Waals surface area contributed by atoms with E-state index in [1.54, 1.807) is 0 Å². The minimum absolute atomic E-state index is 0.395. The lowest BCUT2D eigenvalue weighted by Gasteiger charge is -2.26. The van der Waals surface area contributed by atoms with Crippen LogP contribution in [-0.4, -0.2) is 9.38 Å². The van der Waals surface area contributed by atoms with E-state index in [9.17, 15) is 0 Å². The first-order chi connectivity index (χ1) is 7.68. The summed E-state index contributed by atoms with van der Waals surface area (Å²) in [5.41, 5.74) is 2.76. The number of hydrogen-bond acceptors (Lipinski definition) is 1. The molecular formula is C14H20N2. The number of nitrogens with zero attached hydrogens (tertiary/aromatic N) is 2. The fraction of sp³-hybridized carbons (Fsp3) is 0.500. The normalized spacial score (nSPS) is 12.2. The van der Waals surface area contributed by atoms with Crippen LogP contribution in [0.15, 0.2) is 30.6 Å². The van der Waals surface area contributed by atoms with Crippen LogP contribution in [-0.2, 0) is 6.42 Å². The molecule has 2 heteroatoms. The van der Waals surface area contributed by atoms with E-state index in [-0.39, 0.29) is 0 Å². The van der Waals surface area contributed by atoms with Crippen molar-refractivity contribution in [2.24, 2.45) is 5.41 Å². The Morgan fingerprint density at radius 2 is 2.00 bits per heavy atom. The van der Waals surface area contributed by atoms with Crippen LogP contribution in [0.25, 0.3) is 5.65 Å². The van der Waals surface area contributed by atoms with Crippen LogP contribution in [0.5, 0.6) is 0 Å². The van der Waals surface area contributed by atoms with Crippen LogP contribution in [0.2, 0.25) is 0 Å². The molecule has 2 nitrogen and oxygen atoms in total. The van der Waals surface area contributed by atoms with Gasteiger partial charge in [0.2, 0.25) is 0 Å². The zero-order valence-corrected chi connectivity index (χ0v) is 10.4. The summed E-state index contributed by atoms with van der Waals surface area (Å²) in [6, 6.07) is 6.15. The summed E-state index contributed by atoms with van der Waals surface area (Å²) < 4.78 is 2.20. The molecule has 0 aliphatic carbocycles. The van der Waals surface area contributed by atoms with Crippen molar-refractivity contribution in [3.8, 4) is 0 Å². The maximum absolute atomic E-state index is 4.43. The Kier molecular flexibility index (Phi) is 2.99. The third kappa shape index (κ3) is 1.97. The molecular weight excluding hydrogens is 196 g/mol. The van der Waals surface area contributed by atoms with Crippen molar-refractivity contribution in [1.29, 1.82) is 0 Å². The Balaban J connectivity index is 2.34. The van der Waals surface area contributed by atoms with Gasteiger partial charge < -0.3 is 4.40 Å². The van der Waals surface area contributed by atoms with Gasteiger partial charge in [-0.3, -0.25) is 0 Å². The van der Waals surface area contributed by atoms with E-state index >= 15 is 0 Å².